The molecule has 0 unspecified atom stereocenters. The van der Waals surface area contributed by atoms with Crippen molar-refractivity contribution in [3.05, 3.63) is 60.3 Å². The molecule has 1 fully saturated rings. The number of amides is 2. The maximum absolute atomic E-state index is 13.2. The Bertz CT molecular complexity index is 1130. The first-order chi connectivity index (χ1) is 16.2. The molecule has 3 aromatic rings. The molecule has 3 heterocycles. The lowest BCUT2D eigenvalue weighted by Gasteiger charge is -2.32. The van der Waals surface area contributed by atoms with E-state index in [9.17, 15) is 14.0 Å². The van der Waals surface area contributed by atoms with E-state index in [4.69, 9.17) is 10.5 Å². The van der Waals surface area contributed by atoms with Crippen molar-refractivity contribution in [2.75, 3.05) is 25.0 Å². The Kier molecular flexibility index (Phi) is 6.53. The zero-order chi connectivity index (χ0) is 24.3. The van der Waals surface area contributed by atoms with Crippen LogP contribution in [0.25, 0.3) is 0 Å². The number of nitrogens with two attached hydrogens (primary N) is 1. The maximum Gasteiger partial charge on any atom is 0.409 e. The molecular weight excluding hydrogens is 441 g/mol. The Hall–Kier alpha value is -3.89. The Morgan fingerprint density at radius 1 is 1.24 bits per heavy atom. The van der Waals surface area contributed by atoms with E-state index in [-0.39, 0.29) is 30.1 Å². The third kappa shape index (κ3) is 5.19. The first kappa shape index (κ1) is 23.3. The summed E-state index contributed by atoms with van der Waals surface area (Å²) in [4.78, 5) is 26.2. The quantitative estimate of drug-likeness (QED) is 0.548. The standard InChI is InChI=1S/C23H28FN7O3/c1-23(2,31-11-3-10-26-31)15-34-22(33)29-12-8-18(9-13-29)30-14-19(20(25)32)21(28-30)27-17-6-4-16(24)5-7-17/h3-7,10-11,14,18H,8-9,12-13,15H2,1-2H3,(H2,25,32)(H,27,28). The molecule has 0 atom stereocenters. The Morgan fingerprint density at radius 3 is 2.56 bits per heavy atom. The lowest BCUT2D eigenvalue weighted by molar-refractivity contribution is 0.0569. The van der Waals surface area contributed by atoms with Crippen LogP contribution in [-0.2, 0) is 10.3 Å². The van der Waals surface area contributed by atoms with E-state index in [0.29, 0.717) is 37.4 Å². The van der Waals surface area contributed by atoms with Crippen LogP contribution in [0.5, 0.6) is 0 Å². The van der Waals surface area contributed by atoms with Gasteiger partial charge < -0.3 is 20.7 Å². The van der Waals surface area contributed by atoms with Crippen molar-refractivity contribution in [3.63, 3.8) is 0 Å². The van der Waals surface area contributed by atoms with E-state index in [1.54, 1.807) is 38.8 Å². The lowest BCUT2D eigenvalue weighted by atomic mass is 10.1. The fourth-order valence-corrected chi connectivity index (χ4v) is 3.86. The summed E-state index contributed by atoms with van der Waals surface area (Å²) in [5.74, 6) is -0.667. The molecule has 1 aromatic carbocycles. The number of hydrogen-bond donors (Lipinski definition) is 2. The van der Waals surface area contributed by atoms with Gasteiger partial charge in [-0.25, -0.2) is 9.18 Å². The summed E-state index contributed by atoms with van der Waals surface area (Å²) < 4.78 is 22.2. The highest BCUT2D eigenvalue weighted by Crippen LogP contribution is 2.27. The van der Waals surface area contributed by atoms with Crippen LogP contribution >= 0.6 is 0 Å². The van der Waals surface area contributed by atoms with Crippen LogP contribution in [0.3, 0.4) is 0 Å². The Labute approximate surface area is 196 Å². The summed E-state index contributed by atoms with van der Waals surface area (Å²) in [7, 11) is 0. The molecule has 3 N–H and O–H groups in total. The van der Waals surface area contributed by atoms with Gasteiger partial charge in [0, 0.05) is 37.4 Å². The van der Waals surface area contributed by atoms with Gasteiger partial charge in [0.15, 0.2) is 5.82 Å². The van der Waals surface area contributed by atoms with Crippen molar-refractivity contribution < 1.29 is 18.7 Å². The number of benzene rings is 1. The molecule has 0 spiro atoms. The number of nitrogens with one attached hydrogen (secondary N) is 1. The number of nitrogens with zero attached hydrogens (tertiary/aromatic N) is 5. The van der Waals surface area contributed by atoms with Gasteiger partial charge in [-0.2, -0.15) is 10.2 Å². The number of hydrogen-bond acceptors (Lipinski definition) is 6. The van der Waals surface area contributed by atoms with Gasteiger partial charge in [0.2, 0.25) is 0 Å². The van der Waals surface area contributed by atoms with E-state index >= 15 is 0 Å². The third-order valence-electron chi connectivity index (χ3n) is 5.87. The molecule has 2 amide bonds. The van der Waals surface area contributed by atoms with Crippen molar-refractivity contribution in [2.24, 2.45) is 5.73 Å². The number of ether oxygens (including phenoxy) is 1. The van der Waals surface area contributed by atoms with Crippen LogP contribution in [0.4, 0.5) is 20.7 Å². The van der Waals surface area contributed by atoms with Gasteiger partial charge in [-0.15, -0.1) is 0 Å². The average molecular weight is 470 g/mol. The minimum atomic E-state index is -0.614. The highest BCUT2D eigenvalue weighted by Gasteiger charge is 2.29. The van der Waals surface area contributed by atoms with Gasteiger partial charge in [-0.3, -0.25) is 14.2 Å². The normalized spacial score (nSPS) is 14.7. The van der Waals surface area contributed by atoms with Gasteiger partial charge in [-0.05, 0) is 57.0 Å². The summed E-state index contributed by atoms with van der Waals surface area (Å²) in [6, 6.07) is 7.55. The number of carbonyl (C=O) groups is 2. The van der Waals surface area contributed by atoms with Crippen LogP contribution < -0.4 is 11.1 Å². The summed E-state index contributed by atoms with van der Waals surface area (Å²) in [6.07, 6.45) is 6.06. The summed E-state index contributed by atoms with van der Waals surface area (Å²) in [6.45, 7) is 5.10. The van der Waals surface area contributed by atoms with Crippen LogP contribution in [0.15, 0.2) is 48.9 Å². The molecule has 1 aliphatic rings. The number of piperidine rings is 1. The molecule has 0 bridgehead atoms. The number of likely N-dealkylation sites (tertiary alicyclic amines) is 1. The second-order valence-electron chi connectivity index (χ2n) is 8.90. The topological polar surface area (TPSA) is 120 Å². The highest BCUT2D eigenvalue weighted by atomic mass is 19.1. The van der Waals surface area contributed by atoms with Crippen molar-refractivity contribution in [3.8, 4) is 0 Å². The van der Waals surface area contributed by atoms with Crippen LogP contribution in [0, 0.1) is 5.82 Å². The van der Waals surface area contributed by atoms with Gasteiger partial charge in [0.25, 0.3) is 5.91 Å². The number of rotatable bonds is 7. The molecule has 0 aliphatic carbocycles. The second kappa shape index (κ2) is 9.54. The molecule has 0 saturated carbocycles. The number of halogens is 1. The third-order valence-corrected chi connectivity index (χ3v) is 5.87. The SMILES string of the molecule is CC(C)(COC(=O)N1CCC(n2cc(C(N)=O)c(Nc3ccc(F)cc3)n2)CC1)n1cccn1. The molecule has 1 aliphatic heterocycles. The lowest BCUT2D eigenvalue weighted by Crippen LogP contribution is -2.42. The molecule has 0 radical (unpaired) electrons. The molecule has 11 heteroatoms. The predicted octanol–water partition coefficient (Wildman–Crippen LogP) is 3.27. The maximum atomic E-state index is 13.2. The highest BCUT2D eigenvalue weighted by molar-refractivity contribution is 5.98. The fourth-order valence-electron chi connectivity index (χ4n) is 3.86. The van der Waals surface area contributed by atoms with Crippen molar-refractivity contribution in [1.82, 2.24) is 24.5 Å². The van der Waals surface area contributed by atoms with Crippen LogP contribution in [0.2, 0.25) is 0 Å². The zero-order valence-electron chi connectivity index (χ0n) is 19.1. The second-order valence-corrected chi connectivity index (χ2v) is 8.90. The predicted molar refractivity (Wildman–Crippen MR) is 123 cm³/mol. The first-order valence-electron chi connectivity index (χ1n) is 11.1. The summed E-state index contributed by atoms with van der Waals surface area (Å²) in [5, 5.41) is 11.7. The molecule has 1 saturated heterocycles. The molecule has 10 nitrogen and oxygen atoms in total. The molecule has 180 valence electrons. The number of aromatic nitrogens is 4. The van der Waals surface area contributed by atoms with Crippen LogP contribution in [-0.4, -0.2) is 56.2 Å². The largest absolute Gasteiger partial charge is 0.447 e. The molecular formula is C23H28FN7O3. The van der Waals surface area contributed by atoms with Gasteiger partial charge in [0.05, 0.1) is 11.6 Å². The Morgan fingerprint density at radius 2 is 1.94 bits per heavy atom. The zero-order valence-corrected chi connectivity index (χ0v) is 19.1. The molecule has 2 aromatic heterocycles. The number of anilines is 2. The van der Waals surface area contributed by atoms with E-state index in [0.717, 1.165) is 0 Å². The van der Waals surface area contributed by atoms with Crippen molar-refractivity contribution in [1.29, 1.82) is 0 Å². The number of carbonyl (C=O) groups excluding carboxylic acids is 2. The van der Waals surface area contributed by atoms with Crippen molar-refractivity contribution >= 4 is 23.5 Å². The van der Waals surface area contributed by atoms with Gasteiger partial charge >= 0.3 is 6.09 Å². The van der Waals surface area contributed by atoms with E-state index in [1.165, 1.54) is 12.1 Å². The fraction of sp³-hybridized carbons (Fsp3) is 0.391. The first-order valence-corrected chi connectivity index (χ1v) is 11.1. The van der Waals surface area contributed by atoms with Gasteiger partial charge in [0.1, 0.15) is 18.0 Å². The van der Waals surface area contributed by atoms with Crippen LogP contribution in [0.1, 0.15) is 43.1 Å². The Balaban J connectivity index is 1.35. The minimum absolute atomic E-state index is 0.00793. The molecule has 4 rings (SSSR count). The van der Waals surface area contributed by atoms with Gasteiger partial charge in [-0.1, -0.05) is 0 Å². The minimum Gasteiger partial charge on any atom is -0.447 e. The van der Waals surface area contributed by atoms with E-state index < -0.39 is 11.4 Å². The molecule has 34 heavy (non-hydrogen) atoms. The van der Waals surface area contributed by atoms with E-state index in [1.807, 2.05) is 26.1 Å². The monoisotopic (exact) mass is 469 g/mol. The van der Waals surface area contributed by atoms with Crippen molar-refractivity contribution in [2.45, 2.75) is 38.3 Å². The van der Waals surface area contributed by atoms with E-state index in [2.05, 4.69) is 15.5 Å². The summed E-state index contributed by atoms with van der Waals surface area (Å²) >= 11 is 0. The smallest absolute Gasteiger partial charge is 0.409 e. The number of primary amides is 1. The average Bonchev–Trinajstić information content (AvgIpc) is 3.50. The summed E-state index contributed by atoms with van der Waals surface area (Å²) in [5.41, 5.74) is 5.91.